The first-order chi connectivity index (χ1) is 9.72. The average Bonchev–Trinajstić information content (AvgIpc) is 2.89. The molecule has 0 unspecified atom stereocenters. The Labute approximate surface area is 119 Å². The second-order valence-corrected chi connectivity index (χ2v) is 6.01. The molecule has 0 radical (unpaired) electrons. The summed E-state index contributed by atoms with van der Waals surface area (Å²) in [5.41, 5.74) is 3.38. The van der Waals surface area contributed by atoms with Crippen LogP contribution in [0, 0.1) is 0 Å². The number of benzene rings is 1. The Bertz CT molecular complexity index is 608. The number of nitrogens with zero attached hydrogens (tertiary/aromatic N) is 1. The van der Waals surface area contributed by atoms with Crippen molar-refractivity contribution in [3.05, 3.63) is 29.6 Å². The van der Waals surface area contributed by atoms with E-state index in [4.69, 9.17) is 4.98 Å². The number of fused-ring (bicyclic) bond motifs is 1. The van der Waals surface area contributed by atoms with Gasteiger partial charge in [-0.15, -0.1) is 0 Å². The van der Waals surface area contributed by atoms with E-state index in [2.05, 4.69) is 23.2 Å². The van der Waals surface area contributed by atoms with Gasteiger partial charge in [0.25, 0.3) is 0 Å². The van der Waals surface area contributed by atoms with E-state index in [0.29, 0.717) is 12.3 Å². The van der Waals surface area contributed by atoms with Crippen LogP contribution in [0.3, 0.4) is 0 Å². The molecule has 1 N–H and O–H groups in total. The number of imidazole rings is 1. The Morgan fingerprint density at radius 1 is 1.30 bits per heavy atom. The summed E-state index contributed by atoms with van der Waals surface area (Å²) in [6, 6.07) is 6.32. The number of aromatic amines is 1. The van der Waals surface area contributed by atoms with E-state index in [1.54, 1.807) is 6.92 Å². The molecule has 0 saturated heterocycles. The van der Waals surface area contributed by atoms with E-state index in [1.807, 2.05) is 0 Å². The SMILES string of the molecule is CC(=O)CCc1ccc2nc(C3CCCCC3)[nH]c2c1. The highest BCUT2D eigenvalue weighted by atomic mass is 16.1. The highest BCUT2D eigenvalue weighted by Gasteiger charge is 2.18. The molecule has 1 aromatic carbocycles. The molecule has 2 aromatic rings. The van der Waals surface area contributed by atoms with Crippen molar-refractivity contribution >= 4 is 16.8 Å². The largest absolute Gasteiger partial charge is 0.342 e. The van der Waals surface area contributed by atoms with Crippen LogP contribution in [0.1, 0.15) is 62.8 Å². The van der Waals surface area contributed by atoms with Crippen molar-refractivity contribution in [3.8, 4) is 0 Å². The topological polar surface area (TPSA) is 45.8 Å². The number of hydrogen-bond donors (Lipinski definition) is 1. The van der Waals surface area contributed by atoms with Crippen LogP contribution >= 0.6 is 0 Å². The number of H-pyrrole nitrogens is 1. The number of hydrogen-bond acceptors (Lipinski definition) is 2. The van der Waals surface area contributed by atoms with Gasteiger partial charge in [-0.1, -0.05) is 25.3 Å². The minimum absolute atomic E-state index is 0.248. The molecule has 20 heavy (non-hydrogen) atoms. The van der Waals surface area contributed by atoms with Crippen LogP contribution in [-0.4, -0.2) is 15.8 Å². The molecule has 1 saturated carbocycles. The predicted octanol–water partition coefficient (Wildman–Crippen LogP) is 4.13. The zero-order chi connectivity index (χ0) is 13.9. The molecule has 3 heteroatoms. The molecular formula is C17H22N2O. The summed E-state index contributed by atoms with van der Waals surface area (Å²) >= 11 is 0. The normalized spacial score (nSPS) is 16.6. The van der Waals surface area contributed by atoms with Crippen molar-refractivity contribution in [1.29, 1.82) is 0 Å². The van der Waals surface area contributed by atoms with E-state index in [-0.39, 0.29) is 5.78 Å². The summed E-state index contributed by atoms with van der Waals surface area (Å²) in [7, 11) is 0. The van der Waals surface area contributed by atoms with Gasteiger partial charge in [-0.2, -0.15) is 0 Å². The van der Waals surface area contributed by atoms with E-state index in [9.17, 15) is 4.79 Å². The highest BCUT2D eigenvalue weighted by molar-refractivity contribution is 5.77. The summed E-state index contributed by atoms with van der Waals surface area (Å²) in [6.45, 7) is 1.65. The van der Waals surface area contributed by atoms with Gasteiger partial charge in [0.1, 0.15) is 11.6 Å². The zero-order valence-electron chi connectivity index (χ0n) is 12.1. The first-order valence-corrected chi connectivity index (χ1v) is 7.70. The lowest BCUT2D eigenvalue weighted by Crippen LogP contribution is -2.05. The van der Waals surface area contributed by atoms with Crippen molar-refractivity contribution in [2.24, 2.45) is 0 Å². The van der Waals surface area contributed by atoms with Crippen LogP contribution in [0.15, 0.2) is 18.2 Å². The second-order valence-electron chi connectivity index (χ2n) is 6.01. The Balaban J connectivity index is 1.81. The van der Waals surface area contributed by atoms with E-state index in [0.717, 1.165) is 23.3 Å². The molecule has 0 bridgehead atoms. The molecular weight excluding hydrogens is 248 g/mol. The summed E-state index contributed by atoms with van der Waals surface area (Å²) in [4.78, 5) is 19.3. The van der Waals surface area contributed by atoms with Crippen molar-refractivity contribution < 1.29 is 4.79 Å². The van der Waals surface area contributed by atoms with Crippen LogP contribution in [0.5, 0.6) is 0 Å². The Morgan fingerprint density at radius 3 is 2.85 bits per heavy atom. The number of aromatic nitrogens is 2. The van der Waals surface area contributed by atoms with Gasteiger partial charge in [0.15, 0.2) is 0 Å². The number of ketones is 1. The van der Waals surface area contributed by atoms with Gasteiger partial charge in [0.05, 0.1) is 11.0 Å². The smallest absolute Gasteiger partial charge is 0.130 e. The third kappa shape index (κ3) is 2.92. The minimum Gasteiger partial charge on any atom is -0.342 e. The molecule has 1 fully saturated rings. The van der Waals surface area contributed by atoms with Crippen molar-refractivity contribution in [3.63, 3.8) is 0 Å². The monoisotopic (exact) mass is 270 g/mol. The maximum absolute atomic E-state index is 11.1. The second kappa shape index (κ2) is 5.78. The van der Waals surface area contributed by atoms with Gasteiger partial charge < -0.3 is 9.78 Å². The van der Waals surface area contributed by atoms with E-state index in [1.165, 1.54) is 37.7 Å². The average molecular weight is 270 g/mol. The van der Waals surface area contributed by atoms with Crippen molar-refractivity contribution in [2.45, 2.75) is 57.8 Å². The summed E-state index contributed by atoms with van der Waals surface area (Å²) in [5, 5.41) is 0. The summed E-state index contributed by atoms with van der Waals surface area (Å²) in [5.74, 6) is 2.01. The van der Waals surface area contributed by atoms with Gasteiger partial charge in [0.2, 0.25) is 0 Å². The molecule has 1 aliphatic rings. The third-order valence-corrected chi connectivity index (χ3v) is 4.32. The number of nitrogens with one attached hydrogen (secondary N) is 1. The number of carbonyl (C=O) groups is 1. The van der Waals surface area contributed by atoms with Gasteiger partial charge in [-0.3, -0.25) is 0 Å². The molecule has 0 atom stereocenters. The Morgan fingerprint density at radius 2 is 2.10 bits per heavy atom. The molecule has 3 rings (SSSR count). The van der Waals surface area contributed by atoms with Gasteiger partial charge >= 0.3 is 0 Å². The minimum atomic E-state index is 0.248. The standard InChI is InChI=1S/C17H22N2O/c1-12(20)7-8-13-9-10-15-16(11-13)19-17(18-15)14-5-3-2-4-6-14/h9-11,14H,2-8H2,1H3,(H,18,19). The predicted molar refractivity (Wildman–Crippen MR) is 80.9 cm³/mol. The van der Waals surface area contributed by atoms with Crippen LogP contribution < -0.4 is 0 Å². The fourth-order valence-corrected chi connectivity index (χ4v) is 3.12. The molecule has 1 aromatic heterocycles. The van der Waals surface area contributed by atoms with Gasteiger partial charge in [0, 0.05) is 12.3 Å². The van der Waals surface area contributed by atoms with Crippen LogP contribution in [0.2, 0.25) is 0 Å². The van der Waals surface area contributed by atoms with Crippen molar-refractivity contribution in [2.75, 3.05) is 0 Å². The van der Waals surface area contributed by atoms with Crippen LogP contribution in [0.4, 0.5) is 0 Å². The molecule has 1 aliphatic carbocycles. The maximum Gasteiger partial charge on any atom is 0.130 e. The molecule has 0 amide bonds. The lowest BCUT2D eigenvalue weighted by Gasteiger charge is -2.18. The fraction of sp³-hybridized carbons (Fsp3) is 0.529. The first kappa shape index (κ1) is 13.3. The number of rotatable bonds is 4. The quantitative estimate of drug-likeness (QED) is 0.907. The summed E-state index contributed by atoms with van der Waals surface area (Å²) < 4.78 is 0. The highest BCUT2D eigenvalue weighted by Crippen LogP contribution is 2.32. The van der Waals surface area contributed by atoms with Gasteiger partial charge in [-0.25, -0.2) is 4.98 Å². The molecule has 1 heterocycles. The van der Waals surface area contributed by atoms with E-state index < -0.39 is 0 Å². The third-order valence-electron chi connectivity index (χ3n) is 4.32. The molecule has 106 valence electrons. The number of Topliss-reactive ketones (excluding diaryl/α,β-unsaturated/α-hetero) is 1. The Hall–Kier alpha value is -1.64. The van der Waals surface area contributed by atoms with Crippen molar-refractivity contribution in [1.82, 2.24) is 9.97 Å². The summed E-state index contributed by atoms with van der Waals surface area (Å²) in [6.07, 6.45) is 7.98. The molecule has 0 spiro atoms. The van der Waals surface area contributed by atoms with Crippen LogP contribution in [-0.2, 0) is 11.2 Å². The van der Waals surface area contributed by atoms with Gasteiger partial charge in [-0.05, 0) is 43.9 Å². The van der Waals surface area contributed by atoms with Crippen LogP contribution in [0.25, 0.3) is 11.0 Å². The molecule has 0 aliphatic heterocycles. The zero-order valence-corrected chi connectivity index (χ0v) is 12.1. The fourth-order valence-electron chi connectivity index (χ4n) is 3.12. The lowest BCUT2D eigenvalue weighted by atomic mass is 9.89. The maximum atomic E-state index is 11.1. The number of carbonyl (C=O) groups excluding carboxylic acids is 1. The first-order valence-electron chi connectivity index (χ1n) is 7.70. The Kier molecular flexibility index (Phi) is 3.86. The molecule has 3 nitrogen and oxygen atoms in total. The number of aryl methyl sites for hydroxylation is 1. The van der Waals surface area contributed by atoms with E-state index >= 15 is 0 Å². The lowest BCUT2D eigenvalue weighted by molar-refractivity contribution is -0.116.